The quantitative estimate of drug-likeness (QED) is 0.551. The van der Waals surface area contributed by atoms with Gasteiger partial charge in [-0.25, -0.2) is 0 Å². The molecule has 0 amide bonds. The Balaban J connectivity index is -0.000000563. The van der Waals surface area contributed by atoms with E-state index < -0.39 is 0 Å². The zero-order valence-corrected chi connectivity index (χ0v) is 14.5. The van der Waals surface area contributed by atoms with Crippen LogP contribution in [0.1, 0.15) is 11.1 Å². The molecule has 0 saturated heterocycles. The van der Waals surface area contributed by atoms with Gasteiger partial charge in [-0.15, -0.1) is 12.4 Å². The first-order valence-corrected chi connectivity index (χ1v) is 4.20. The SMILES string of the molecule is Cc1cc([N+]#N)c(N(C)C)cc1C.Cl.[Cl-].[Zn]. The fourth-order valence-electron chi connectivity index (χ4n) is 1.22. The molecule has 0 radical (unpaired) electrons. The summed E-state index contributed by atoms with van der Waals surface area (Å²) >= 11 is 0. The normalized spacial score (nSPS) is 7.69. The molecule has 0 aromatic heterocycles. The number of hydrogen-bond donors (Lipinski definition) is 0. The molecular formula is C10H15Cl2N3Zn. The number of rotatable bonds is 1. The third kappa shape index (κ3) is 4.66. The van der Waals surface area contributed by atoms with Crippen LogP contribution in [0.15, 0.2) is 12.1 Å². The van der Waals surface area contributed by atoms with E-state index in [1.54, 1.807) is 0 Å². The molecule has 0 spiro atoms. The molecule has 0 heterocycles. The molecule has 1 rings (SSSR count). The zero-order chi connectivity index (χ0) is 10.0. The van der Waals surface area contributed by atoms with Gasteiger partial charge in [0.15, 0.2) is 4.98 Å². The van der Waals surface area contributed by atoms with E-state index in [-0.39, 0.29) is 44.3 Å². The minimum absolute atomic E-state index is 0. The number of anilines is 1. The molecule has 0 aliphatic heterocycles. The summed E-state index contributed by atoms with van der Waals surface area (Å²) in [6.45, 7) is 4.05. The van der Waals surface area contributed by atoms with Crippen LogP contribution in [0.5, 0.6) is 0 Å². The fraction of sp³-hybridized carbons (Fsp3) is 0.400. The molecule has 6 heteroatoms. The Kier molecular flexibility index (Phi) is 11.5. The standard InChI is InChI=1S/C10H14N3.2ClH.Zn/c1-7-5-9(12-11)10(13(3)4)6-8(7)2;;;/h5-6H,1-4H3;2*1H;/q+1;;;/p-1. The van der Waals surface area contributed by atoms with Crippen LogP contribution >= 0.6 is 12.4 Å². The van der Waals surface area contributed by atoms with Crippen LogP contribution in [0.25, 0.3) is 4.98 Å². The van der Waals surface area contributed by atoms with Crippen molar-refractivity contribution in [3.05, 3.63) is 28.2 Å². The Morgan fingerprint density at radius 3 is 1.94 bits per heavy atom. The molecule has 3 nitrogen and oxygen atoms in total. The van der Waals surface area contributed by atoms with Gasteiger partial charge in [-0.1, -0.05) is 0 Å². The van der Waals surface area contributed by atoms with E-state index in [4.69, 9.17) is 5.39 Å². The molecule has 0 aliphatic carbocycles. The number of benzene rings is 1. The summed E-state index contributed by atoms with van der Waals surface area (Å²) in [4.78, 5) is 5.18. The molecule has 0 unspecified atom stereocenters. The van der Waals surface area contributed by atoms with Crippen molar-refractivity contribution in [2.45, 2.75) is 13.8 Å². The fourth-order valence-corrected chi connectivity index (χ4v) is 1.22. The van der Waals surface area contributed by atoms with E-state index in [9.17, 15) is 0 Å². The molecule has 0 fully saturated rings. The Morgan fingerprint density at radius 2 is 1.56 bits per heavy atom. The second kappa shape index (κ2) is 8.76. The predicted molar refractivity (Wildman–Crippen MR) is 62.2 cm³/mol. The summed E-state index contributed by atoms with van der Waals surface area (Å²) in [5.74, 6) is 0. The summed E-state index contributed by atoms with van der Waals surface area (Å²) in [6.07, 6.45) is 0. The van der Waals surface area contributed by atoms with E-state index in [1.807, 2.05) is 45.0 Å². The van der Waals surface area contributed by atoms with Crippen LogP contribution in [0.4, 0.5) is 11.4 Å². The molecule has 0 bridgehead atoms. The van der Waals surface area contributed by atoms with Crippen LogP contribution in [-0.4, -0.2) is 14.1 Å². The number of halogens is 2. The van der Waals surface area contributed by atoms with Crippen molar-refractivity contribution >= 4 is 23.8 Å². The van der Waals surface area contributed by atoms with E-state index in [0.29, 0.717) is 5.69 Å². The number of nitrogens with zero attached hydrogens (tertiary/aromatic N) is 3. The first-order valence-electron chi connectivity index (χ1n) is 4.20. The first kappa shape index (κ1) is 21.0. The van der Waals surface area contributed by atoms with Gasteiger partial charge in [0.2, 0.25) is 5.39 Å². The molecule has 0 N–H and O–H groups in total. The van der Waals surface area contributed by atoms with Crippen LogP contribution in [0, 0.1) is 19.2 Å². The van der Waals surface area contributed by atoms with Gasteiger partial charge in [-0.2, -0.15) is 0 Å². The molecule has 1 aromatic carbocycles. The number of hydrogen-bond acceptors (Lipinski definition) is 2. The molecule has 0 saturated carbocycles. The molecule has 86 valence electrons. The van der Waals surface area contributed by atoms with Crippen molar-refractivity contribution in [3.63, 3.8) is 0 Å². The van der Waals surface area contributed by atoms with Gasteiger partial charge < -0.3 is 17.3 Å². The van der Waals surface area contributed by atoms with Crippen molar-refractivity contribution in [2.24, 2.45) is 0 Å². The third-order valence-corrected chi connectivity index (χ3v) is 2.18. The Morgan fingerprint density at radius 1 is 1.12 bits per heavy atom. The van der Waals surface area contributed by atoms with Crippen LogP contribution in [0.3, 0.4) is 0 Å². The van der Waals surface area contributed by atoms with Crippen LogP contribution < -0.4 is 17.3 Å². The van der Waals surface area contributed by atoms with Crippen molar-refractivity contribution in [1.29, 1.82) is 5.39 Å². The van der Waals surface area contributed by atoms with Crippen molar-refractivity contribution < 1.29 is 31.9 Å². The van der Waals surface area contributed by atoms with Gasteiger partial charge in [0.25, 0.3) is 0 Å². The summed E-state index contributed by atoms with van der Waals surface area (Å²) in [7, 11) is 3.86. The topological polar surface area (TPSA) is 31.4 Å². The number of aryl methyl sites for hydroxylation is 2. The van der Waals surface area contributed by atoms with Gasteiger partial charge in [0.05, 0.1) is 0 Å². The molecule has 16 heavy (non-hydrogen) atoms. The van der Waals surface area contributed by atoms with Gasteiger partial charge >= 0.3 is 5.69 Å². The molecular weight excluding hydrogens is 298 g/mol. The maximum absolute atomic E-state index is 8.78. The molecule has 1 aromatic rings. The second-order valence-corrected chi connectivity index (χ2v) is 3.42. The third-order valence-electron chi connectivity index (χ3n) is 2.18. The maximum atomic E-state index is 8.78. The average molecular weight is 314 g/mol. The largest absolute Gasteiger partial charge is 1.00 e. The first-order chi connectivity index (χ1) is 6.06. The number of diazo groups is 1. The summed E-state index contributed by atoms with van der Waals surface area (Å²) in [6, 6.07) is 3.90. The monoisotopic (exact) mass is 311 g/mol. The van der Waals surface area contributed by atoms with Gasteiger partial charge in [-0.05, 0) is 31.0 Å². The molecule has 0 atom stereocenters. The average Bonchev–Trinajstić information content (AvgIpc) is 2.08. The Labute approximate surface area is 122 Å². The van der Waals surface area contributed by atoms with Gasteiger partial charge in [0, 0.05) is 39.6 Å². The smallest absolute Gasteiger partial charge is 0.408 e. The van der Waals surface area contributed by atoms with E-state index >= 15 is 0 Å². The molecule has 0 aliphatic rings. The Hall–Kier alpha value is -0.357. The van der Waals surface area contributed by atoms with E-state index in [0.717, 1.165) is 11.3 Å². The van der Waals surface area contributed by atoms with Gasteiger partial charge in [-0.3, -0.25) is 0 Å². The van der Waals surface area contributed by atoms with Crippen LogP contribution in [0.2, 0.25) is 0 Å². The van der Waals surface area contributed by atoms with Gasteiger partial charge in [0.1, 0.15) is 5.69 Å². The van der Waals surface area contributed by atoms with E-state index in [2.05, 4.69) is 4.98 Å². The van der Waals surface area contributed by atoms with Crippen LogP contribution in [-0.2, 0) is 19.5 Å². The second-order valence-electron chi connectivity index (χ2n) is 3.42. The minimum Gasteiger partial charge on any atom is -1.00 e. The minimum atomic E-state index is 0. The predicted octanol–water partition coefficient (Wildman–Crippen LogP) is 0.277. The van der Waals surface area contributed by atoms with Crippen molar-refractivity contribution in [2.75, 3.05) is 19.0 Å². The summed E-state index contributed by atoms with van der Waals surface area (Å²) in [5.41, 5.74) is 3.90. The van der Waals surface area contributed by atoms with E-state index in [1.165, 1.54) is 5.56 Å². The maximum Gasteiger partial charge on any atom is 0.408 e. The van der Waals surface area contributed by atoms with Crippen molar-refractivity contribution in [1.82, 2.24) is 0 Å². The zero-order valence-electron chi connectivity index (χ0n) is 9.99. The summed E-state index contributed by atoms with van der Waals surface area (Å²) in [5, 5.41) is 8.78. The summed E-state index contributed by atoms with van der Waals surface area (Å²) < 4.78 is 0. The van der Waals surface area contributed by atoms with Crippen molar-refractivity contribution in [3.8, 4) is 0 Å². The Bertz CT molecular complexity index is 375.